The van der Waals surface area contributed by atoms with E-state index >= 15 is 0 Å². The zero-order valence-corrected chi connectivity index (χ0v) is 6.60. The van der Waals surface area contributed by atoms with E-state index in [4.69, 9.17) is 0 Å². The number of hydrogen-bond acceptors (Lipinski definition) is 0. The Bertz CT molecular complexity index is 144. The van der Waals surface area contributed by atoms with E-state index in [1.165, 1.54) is 44.9 Å². The standard InChI is InChI=1S/C10H16/c1-2-5-10-7-3-6-9(4-1)8-10/h8-9H,1-7H2/t9-/m0/s1. The Morgan fingerprint density at radius 3 is 2.80 bits per heavy atom. The monoisotopic (exact) mass is 136 g/mol. The van der Waals surface area contributed by atoms with Gasteiger partial charge >= 0.3 is 0 Å². The normalized spacial score (nSPS) is 32.8. The van der Waals surface area contributed by atoms with Gasteiger partial charge in [0, 0.05) is 0 Å². The second-order valence-electron chi connectivity index (χ2n) is 3.72. The van der Waals surface area contributed by atoms with Gasteiger partial charge in [-0.05, 0) is 44.4 Å². The molecule has 2 aliphatic carbocycles. The first kappa shape index (κ1) is 6.45. The fourth-order valence-corrected chi connectivity index (χ4v) is 2.29. The van der Waals surface area contributed by atoms with Crippen molar-refractivity contribution in [1.82, 2.24) is 0 Å². The predicted molar refractivity (Wildman–Crippen MR) is 43.9 cm³/mol. The summed E-state index contributed by atoms with van der Waals surface area (Å²) < 4.78 is 0. The quantitative estimate of drug-likeness (QED) is 0.448. The van der Waals surface area contributed by atoms with Gasteiger partial charge in [0.1, 0.15) is 0 Å². The van der Waals surface area contributed by atoms with Gasteiger partial charge in [-0.15, -0.1) is 0 Å². The van der Waals surface area contributed by atoms with Crippen LogP contribution in [0.3, 0.4) is 0 Å². The van der Waals surface area contributed by atoms with Crippen molar-refractivity contribution in [1.29, 1.82) is 0 Å². The maximum absolute atomic E-state index is 2.57. The van der Waals surface area contributed by atoms with Gasteiger partial charge < -0.3 is 0 Å². The molecule has 0 aromatic carbocycles. The SMILES string of the molecule is C1=C2CCCC[C@H]1CCC2. The molecule has 0 aromatic heterocycles. The lowest BCUT2D eigenvalue weighted by Gasteiger charge is -2.16. The first-order valence-corrected chi connectivity index (χ1v) is 4.65. The lowest BCUT2D eigenvalue weighted by atomic mass is 9.90. The van der Waals surface area contributed by atoms with Crippen molar-refractivity contribution in [2.45, 2.75) is 44.9 Å². The zero-order valence-electron chi connectivity index (χ0n) is 6.60. The largest absolute Gasteiger partial charge is 0.0822 e. The highest BCUT2D eigenvalue weighted by molar-refractivity contribution is 5.09. The maximum atomic E-state index is 2.57. The molecule has 0 spiro atoms. The fourth-order valence-electron chi connectivity index (χ4n) is 2.29. The molecule has 2 rings (SSSR count). The molecule has 0 heterocycles. The first-order valence-electron chi connectivity index (χ1n) is 4.65. The molecule has 0 heteroatoms. The molecule has 0 aromatic rings. The van der Waals surface area contributed by atoms with E-state index < -0.39 is 0 Å². The summed E-state index contributed by atoms with van der Waals surface area (Å²) in [4.78, 5) is 0. The lowest BCUT2D eigenvalue weighted by molar-refractivity contribution is 0.500. The molecule has 2 bridgehead atoms. The molecule has 0 amide bonds. The van der Waals surface area contributed by atoms with E-state index in [0.717, 1.165) is 5.92 Å². The second kappa shape index (κ2) is 2.77. The van der Waals surface area contributed by atoms with E-state index in [2.05, 4.69) is 6.08 Å². The average molecular weight is 136 g/mol. The summed E-state index contributed by atoms with van der Waals surface area (Å²) in [6, 6.07) is 0. The minimum absolute atomic E-state index is 0.978. The number of allylic oxidation sites excluding steroid dienone is 2. The summed E-state index contributed by atoms with van der Waals surface area (Å²) in [7, 11) is 0. The summed E-state index contributed by atoms with van der Waals surface area (Å²) in [5, 5.41) is 0. The number of rotatable bonds is 0. The molecule has 0 aliphatic heterocycles. The molecule has 1 atom stereocenters. The number of fused-ring (bicyclic) bond motifs is 1. The Morgan fingerprint density at radius 1 is 1.00 bits per heavy atom. The van der Waals surface area contributed by atoms with Gasteiger partial charge in [-0.1, -0.05) is 18.1 Å². The van der Waals surface area contributed by atoms with Crippen LogP contribution in [0.1, 0.15) is 44.9 Å². The summed E-state index contributed by atoms with van der Waals surface area (Å²) in [6.07, 6.45) is 12.8. The zero-order chi connectivity index (χ0) is 6.81. The van der Waals surface area contributed by atoms with Crippen LogP contribution in [0, 0.1) is 5.92 Å². The molecule has 10 heavy (non-hydrogen) atoms. The van der Waals surface area contributed by atoms with Gasteiger partial charge in [-0.3, -0.25) is 0 Å². The minimum atomic E-state index is 0.978. The molecule has 0 N–H and O–H groups in total. The van der Waals surface area contributed by atoms with E-state index in [-0.39, 0.29) is 0 Å². The van der Waals surface area contributed by atoms with Gasteiger partial charge in [0.15, 0.2) is 0 Å². The van der Waals surface area contributed by atoms with Gasteiger partial charge in [0.2, 0.25) is 0 Å². The molecule has 0 saturated heterocycles. The molecular formula is C10H16. The van der Waals surface area contributed by atoms with Crippen LogP contribution in [0.4, 0.5) is 0 Å². The maximum Gasteiger partial charge on any atom is -0.0231 e. The highest BCUT2D eigenvalue weighted by atomic mass is 14.2. The average Bonchev–Trinajstić information content (AvgIpc) is 2.12. The van der Waals surface area contributed by atoms with E-state index in [9.17, 15) is 0 Å². The van der Waals surface area contributed by atoms with Gasteiger partial charge in [-0.2, -0.15) is 0 Å². The van der Waals surface area contributed by atoms with E-state index in [1.807, 2.05) is 0 Å². The van der Waals surface area contributed by atoms with Crippen LogP contribution < -0.4 is 0 Å². The molecule has 0 radical (unpaired) electrons. The Hall–Kier alpha value is -0.260. The van der Waals surface area contributed by atoms with Gasteiger partial charge in [0.05, 0.1) is 0 Å². The van der Waals surface area contributed by atoms with Crippen LogP contribution in [-0.2, 0) is 0 Å². The molecule has 0 unspecified atom stereocenters. The molecule has 0 saturated carbocycles. The molecule has 56 valence electrons. The summed E-state index contributed by atoms with van der Waals surface area (Å²) in [5.41, 5.74) is 1.77. The van der Waals surface area contributed by atoms with Crippen molar-refractivity contribution in [2.24, 2.45) is 5.92 Å². The van der Waals surface area contributed by atoms with Crippen LogP contribution in [0.15, 0.2) is 11.6 Å². The lowest BCUT2D eigenvalue weighted by Crippen LogP contribution is -2.01. The summed E-state index contributed by atoms with van der Waals surface area (Å²) >= 11 is 0. The molecule has 2 aliphatic rings. The van der Waals surface area contributed by atoms with Crippen molar-refractivity contribution in [3.8, 4) is 0 Å². The Labute approximate surface area is 63.3 Å². The van der Waals surface area contributed by atoms with Crippen molar-refractivity contribution in [3.63, 3.8) is 0 Å². The molecule has 0 nitrogen and oxygen atoms in total. The molecular weight excluding hydrogens is 120 g/mol. The van der Waals surface area contributed by atoms with Crippen molar-refractivity contribution >= 4 is 0 Å². The predicted octanol–water partition coefficient (Wildman–Crippen LogP) is 3.29. The Balaban J connectivity index is 2.10. The Kier molecular flexibility index (Phi) is 1.79. The van der Waals surface area contributed by atoms with Crippen molar-refractivity contribution in [2.75, 3.05) is 0 Å². The summed E-state index contributed by atoms with van der Waals surface area (Å²) in [6.45, 7) is 0. The van der Waals surface area contributed by atoms with Crippen LogP contribution in [-0.4, -0.2) is 0 Å². The van der Waals surface area contributed by atoms with Crippen molar-refractivity contribution < 1.29 is 0 Å². The van der Waals surface area contributed by atoms with E-state index in [0.29, 0.717) is 0 Å². The second-order valence-corrected chi connectivity index (χ2v) is 3.72. The van der Waals surface area contributed by atoms with Crippen molar-refractivity contribution in [3.05, 3.63) is 11.6 Å². The number of hydrogen-bond donors (Lipinski definition) is 0. The van der Waals surface area contributed by atoms with Crippen LogP contribution >= 0.6 is 0 Å². The smallest absolute Gasteiger partial charge is 0.0231 e. The highest BCUT2D eigenvalue weighted by Crippen LogP contribution is 2.32. The molecule has 0 fully saturated rings. The Morgan fingerprint density at radius 2 is 1.80 bits per heavy atom. The van der Waals surface area contributed by atoms with Crippen LogP contribution in [0.5, 0.6) is 0 Å². The van der Waals surface area contributed by atoms with Gasteiger partial charge in [-0.25, -0.2) is 0 Å². The summed E-state index contributed by atoms with van der Waals surface area (Å²) in [5.74, 6) is 0.978. The first-order chi connectivity index (χ1) is 4.95. The third kappa shape index (κ3) is 1.25. The van der Waals surface area contributed by atoms with Crippen LogP contribution in [0.25, 0.3) is 0 Å². The third-order valence-electron chi connectivity index (χ3n) is 2.87. The fraction of sp³-hybridized carbons (Fsp3) is 0.800. The third-order valence-corrected chi connectivity index (χ3v) is 2.87. The topological polar surface area (TPSA) is 0 Å². The minimum Gasteiger partial charge on any atom is -0.0822 e. The highest BCUT2D eigenvalue weighted by Gasteiger charge is 2.15. The van der Waals surface area contributed by atoms with Crippen LogP contribution in [0.2, 0.25) is 0 Å². The van der Waals surface area contributed by atoms with E-state index in [1.54, 1.807) is 5.57 Å². The van der Waals surface area contributed by atoms with Gasteiger partial charge in [0.25, 0.3) is 0 Å².